The Balaban J connectivity index is 2.28. The molecule has 1 unspecified atom stereocenters. The summed E-state index contributed by atoms with van der Waals surface area (Å²) >= 11 is 1.26. The van der Waals surface area contributed by atoms with E-state index in [1.807, 2.05) is 38.1 Å². The summed E-state index contributed by atoms with van der Waals surface area (Å²) in [5.74, 6) is 0. The molecule has 1 aromatic carbocycles. The molecule has 1 aromatic heterocycles. The van der Waals surface area contributed by atoms with Crippen LogP contribution in [-0.4, -0.2) is 13.5 Å². The fourth-order valence-corrected chi connectivity index (χ4v) is 5.07. The smallest absolute Gasteiger partial charge is 0.242 e. The van der Waals surface area contributed by atoms with Crippen LogP contribution < -0.4 is 4.72 Å². The number of aliphatic hydroxyl groups is 1. The molecule has 0 amide bonds. The summed E-state index contributed by atoms with van der Waals surface area (Å²) in [6.07, 6.45) is 0. The van der Waals surface area contributed by atoms with Gasteiger partial charge < -0.3 is 5.11 Å². The zero-order valence-electron chi connectivity index (χ0n) is 12.3. The minimum atomic E-state index is -3.65. The lowest BCUT2D eigenvalue weighted by Gasteiger charge is -2.15. The number of thiophene rings is 1. The normalized spacial score (nSPS) is 13.3. The van der Waals surface area contributed by atoms with E-state index in [4.69, 9.17) is 0 Å². The van der Waals surface area contributed by atoms with Gasteiger partial charge in [0.2, 0.25) is 10.0 Å². The first kappa shape index (κ1) is 16.2. The van der Waals surface area contributed by atoms with Crippen molar-refractivity contribution in [1.29, 1.82) is 0 Å². The lowest BCUT2D eigenvalue weighted by molar-refractivity contribution is 0.282. The van der Waals surface area contributed by atoms with Gasteiger partial charge in [0.25, 0.3) is 0 Å². The van der Waals surface area contributed by atoms with Crippen molar-refractivity contribution < 1.29 is 13.5 Å². The van der Waals surface area contributed by atoms with E-state index in [0.29, 0.717) is 10.4 Å². The lowest BCUT2D eigenvalue weighted by Crippen LogP contribution is -2.27. The molecule has 1 atom stereocenters. The van der Waals surface area contributed by atoms with Gasteiger partial charge in [0, 0.05) is 6.04 Å². The van der Waals surface area contributed by atoms with Crippen LogP contribution in [0.3, 0.4) is 0 Å². The Hall–Kier alpha value is -1.21. The van der Waals surface area contributed by atoms with Crippen molar-refractivity contribution in [1.82, 2.24) is 4.72 Å². The highest BCUT2D eigenvalue weighted by atomic mass is 32.2. The van der Waals surface area contributed by atoms with Crippen molar-refractivity contribution in [3.63, 3.8) is 0 Å². The average Bonchev–Trinajstić information content (AvgIpc) is 2.80. The third kappa shape index (κ3) is 3.52. The predicted octanol–water partition coefficient (Wildman–Crippen LogP) is 2.90. The second-order valence-electron chi connectivity index (χ2n) is 5.08. The lowest BCUT2D eigenvalue weighted by atomic mass is 10.1. The molecule has 0 saturated carbocycles. The quantitative estimate of drug-likeness (QED) is 0.888. The minimum absolute atomic E-state index is 0.203. The van der Waals surface area contributed by atoms with Crippen LogP contribution in [0.5, 0.6) is 0 Å². The molecule has 2 N–H and O–H groups in total. The van der Waals surface area contributed by atoms with Crippen molar-refractivity contribution in [2.75, 3.05) is 0 Å². The van der Waals surface area contributed by atoms with Crippen LogP contribution in [0.4, 0.5) is 0 Å². The van der Waals surface area contributed by atoms with Gasteiger partial charge in [-0.1, -0.05) is 29.8 Å². The van der Waals surface area contributed by atoms with Gasteiger partial charge in [0.1, 0.15) is 4.90 Å². The number of nitrogens with one attached hydrogen (secondary N) is 1. The molecule has 21 heavy (non-hydrogen) atoms. The Bertz CT molecular complexity index is 718. The number of aliphatic hydroxyl groups excluding tert-OH is 1. The van der Waals surface area contributed by atoms with Crippen LogP contribution in [0.15, 0.2) is 34.5 Å². The van der Waals surface area contributed by atoms with Crippen LogP contribution in [-0.2, 0) is 16.6 Å². The summed E-state index contributed by atoms with van der Waals surface area (Å²) in [5, 5.41) is 11.0. The monoisotopic (exact) mass is 325 g/mol. The Kier molecular flexibility index (Phi) is 4.83. The molecule has 0 bridgehead atoms. The standard InChI is InChI=1S/C15H19NO3S2/c1-10-4-6-13(7-5-10)12(3)16-21(18,19)15-11(2)9-20-14(15)8-17/h4-7,9,12,16-17H,8H2,1-3H3. The number of sulfonamides is 1. The maximum absolute atomic E-state index is 12.5. The summed E-state index contributed by atoms with van der Waals surface area (Å²) in [7, 11) is -3.65. The Morgan fingerprint density at radius 1 is 1.24 bits per heavy atom. The largest absolute Gasteiger partial charge is 0.391 e. The molecule has 0 fully saturated rings. The molecule has 0 radical (unpaired) electrons. The van der Waals surface area contributed by atoms with Gasteiger partial charge in [0.05, 0.1) is 11.5 Å². The first-order chi connectivity index (χ1) is 9.85. The SMILES string of the molecule is Cc1ccc(C(C)NS(=O)(=O)c2c(C)csc2CO)cc1. The molecule has 0 aliphatic rings. The van der Waals surface area contributed by atoms with E-state index in [1.54, 1.807) is 12.3 Å². The van der Waals surface area contributed by atoms with E-state index in [1.165, 1.54) is 11.3 Å². The first-order valence-electron chi connectivity index (χ1n) is 6.62. The second kappa shape index (κ2) is 6.27. The summed E-state index contributed by atoms with van der Waals surface area (Å²) < 4.78 is 27.7. The van der Waals surface area contributed by atoms with Gasteiger partial charge in [-0.25, -0.2) is 13.1 Å². The molecule has 0 spiro atoms. The molecule has 0 saturated heterocycles. The second-order valence-corrected chi connectivity index (χ2v) is 7.70. The summed E-state index contributed by atoms with van der Waals surface area (Å²) in [6, 6.07) is 7.40. The van der Waals surface area contributed by atoms with E-state index in [-0.39, 0.29) is 17.5 Å². The topological polar surface area (TPSA) is 66.4 Å². The van der Waals surface area contributed by atoms with Crippen molar-refractivity contribution in [2.45, 2.75) is 38.3 Å². The van der Waals surface area contributed by atoms with Crippen LogP contribution in [0, 0.1) is 13.8 Å². The van der Waals surface area contributed by atoms with Crippen molar-refractivity contribution in [3.05, 3.63) is 51.2 Å². The molecule has 4 nitrogen and oxygen atoms in total. The fourth-order valence-electron chi connectivity index (χ4n) is 2.17. The van der Waals surface area contributed by atoms with Crippen molar-refractivity contribution in [2.24, 2.45) is 0 Å². The highest BCUT2D eigenvalue weighted by Gasteiger charge is 2.24. The third-order valence-corrected chi connectivity index (χ3v) is 6.30. The van der Waals surface area contributed by atoms with Gasteiger partial charge in [-0.05, 0) is 37.3 Å². The van der Waals surface area contributed by atoms with E-state index in [9.17, 15) is 13.5 Å². The van der Waals surface area contributed by atoms with E-state index >= 15 is 0 Å². The Morgan fingerprint density at radius 3 is 2.43 bits per heavy atom. The van der Waals surface area contributed by atoms with Crippen LogP contribution in [0.25, 0.3) is 0 Å². The van der Waals surface area contributed by atoms with E-state index in [2.05, 4.69) is 4.72 Å². The Labute approximate surface area is 129 Å². The predicted molar refractivity (Wildman–Crippen MR) is 84.9 cm³/mol. The van der Waals surface area contributed by atoms with Crippen molar-refractivity contribution >= 4 is 21.4 Å². The number of hydrogen-bond acceptors (Lipinski definition) is 4. The molecule has 1 heterocycles. The van der Waals surface area contributed by atoms with Gasteiger partial charge >= 0.3 is 0 Å². The highest BCUT2D eigenvalue weighted by Crippen LogP contribution is 2.28. The number of aryl methyl sites for hydroxylation is 2. The fraction of sp³-hybridized carbons (Fsp3) is 0.333. The zero-order chi connectivity index (χ0) is 15.6. The van der Waals surface area contributed by atoms with Gasteiger partial charge in [0.15, 0.2) is 0 Å². The average molecular weight is 325 g/mol. The number of benzene rings is 1. The van der Waals surface area contributed by atoms with Crippen LogP contribution in [0.2, 0.25) is 0 Å². The van der Waals surface area contributed by atoms with E-state index < -0.39 is 10.0 Å². The van der Waals surface area contributed by atoms with Gasteiger partial charge in [-0.15, -0.1) is 11.3 Å². The maximum Gasteiger partial charge on any atom is 0.242 e. The third-order valence-electron chi connectivity index (χ3n) is 3.31. The molecule has 6 heteroatoms. The number of rotatable bonds is 5. The number of hydrogen-bond donors (Lipinski definition) is 2. The molecule has 0 aliphatic heterocycles. The maximum atomic E-state index is 12.5. The molecular formula is C15H19NO3S2. The Morgan fingerprint density at radius 2 is 1.86 bits per heavy atom. The van der Waals surface area contributed by atoms with Crippen LogP contribution >= 0.6 is 11.3 Å². The molecular weight excluding hydrogens is 306 g/mol. The zero-order valence-corrected chi connectivity index (χ0v) is 13.9. The van der Waals surface area contributed by atoms with E-state index in [0.717, 1.165) is 11.1 Å². The molecule has 0 aliphatic carbocycles. The van der Waals surface area contributed by atoms with Crippen LogP contribution in [0.1, 0.15) is 34.5 Å². The molecule has 2 aromatic rings. The minimum Gasteiger partial charge on any atom is -0.391 e. The summed E-state index contributed by atoms with van der Waals surface area (Å²) in [6.45, 7) is 5.26. The molecule has 114 valence electrons. The van der Waals surface area contributed by atoms with Gasteiger partial charge in [-0.2, -0.15) is 0 Å². The highest BCUT2D eigenvalue weighted by molar-refractivity contribution is 7.89. The summed E-state index contributed by atoms with van der Waals surface area (Å²) in [5.41, 5.74) is 2.69. The molecule has 2 rings (SSSR count). The van der Waals surface area contributed by atoms with Gasteiger partial charge in [-0.3, -0.25) is 0 Å². The summed E-state index contributed by atoms with van der Waals surface area (Å²) in [4.78, 5) is 0.671. The van der Waals surface area contributed by atoms with Crippen molar-refractivity contribution in [3.8, 4) is 0 Å². The first-order valence-corrected chi connectivity index (χ1v) is 8.98.